The fourth-order valence-corrected chi connectivity index (χ4v) is 3.56. The number of nitrogens with two attached hydrogens (primary N) is 1. The number of nitrogens with one attached hydrogen (secondary N) is 3. The fourth-order valence-electron chi connectivity index (χ4n) is 3.56. The highest BCUT2D eigenvalue weighted by Gasteiger charge is 2.20. The molecule has 1 aromatic heterocycles. The minimum atomic E-state index is -0.625. The Bertz CT molecular complexity index is 1320. The van der Waals surface area contributed by atoms with Gasteiger partial charge in [0.1, 0.15) is 6.04 Å². The van der Waals surface area contributed by atoms with Gasteiger partial charge in [0, 0.05) is 25.0 Å². The van der Waals surface area contributed by atoms with Gasteiger partial charge in [0.15, 0.2) is 0 Å². The van der Waals surface area contributed by atoms with Gasteiger partial charge >= 0.3 is 0 Å². The molecular weight excluding hydrogens is 450 g/mol. The van der Waals surface area contributed by atoms with Gasteiger partial charge in [-0.25, -0.2) is 0 Å². The van der Waals surface area contributed by atoms with Gasteiger partial charge in [-0.15, -0.1) is 0 Å². The quantitative estimate of drug-likeness (QED) is 0.205. The highest BCUT2D eigenvalue weighted by molar-refractivity contribution is 6.03. The van der Waals surface area contributed by atoms with E-state index in [1.54, 1.807) is 42.7 Å². The minimum absolute atomic E-state index is 0.161. The van der Waals surface area contributed by atoms with Gasteiger partial charge in [0.2, 0.25) is 11.8 Å². The van der Waals surface area contributed by atoms with Crippen LogP contribution in [0.2, 0.25) is 0 Å². The maximum absolute atomic E-state index is 13.2. The lowest BCUT2D eigenvalue weighted by Crippen LogP contribution is -2.33. The summed E-state index contributed by atoms with van der Waals surface area (Å²) in [6.07, 6.45) is 6.50. The summed E-state index contributed by atoms with van der Waals surface area (Å²) in [5.41, 5.74) is 10.3. The first-order valence-corrected chi connectivity index (χ1v) is 11.5. The number of carbonyl (C=O) groups is 2. The molecule has 0 saturated heterocycles. The predicted octanol–water partition coefficient (Wildman–Crippen LogP) is 4.79. The van der Waals surface area contributed by atoms with Crippen molar-refractivity contribution in [2.45, 2.75) is 12.6 Å². The lowest BCUT2D eigenvalue weighted by Gasteiger charge is -2.20. The molecule has 0 aliphatic carbocycles. The standard InChI is InChI=1S/C29H27N5O2/c30-25-10-4-5-11-26(25)34-27(35)17-14-21-12-15-23(16-13-21)28(33-24-9-6-18-31-20-24)29(36)32-19-22-7-2-1-3-8-22/h1-18,20,28,33H,19,30H2,(H,32,36)(H,34,35)/b17-14+. The van der Waals surface area contributed by atoms with Crippen molar-refractivity contribution >= 4 is 35.0 Å². The molecular formula is C29H27N5O2. The van der Waals surface area contributed by atoms with Gasteiger partial charge < -0.3 is 21.7 Å². The SMILES string of the molecule is Nc1ccccc1NC(=O)/C=C/c1ccc(C(Nc2cccnc2)C(=O)NCc2ccccc2)cc1. The summed E-state index contributed by atoms with van der Waals surface area (Å²) in [5, 5.41) is 9.03. The van der Waals surface area contributed by atoms with Crippen LogP contribution in [0.25, 0.3) is 6.08 Å². The number of nitrogen functional groups attached to an aromatic ring is 1. The summed E-state index contributed by atoms with van der Waals surface area (Å²) >= 11 is 0. The van der Waals surface area contributed by atoms with E-state index in [4.69, 9.17) is 5.73 Å². The van der Waals surface area contributed by atoms with E-state index in [1.165, 1.54) is 6.08 Å². The second kappa shape index (κ2) is 12.0. The van der Waals surface area contributed by atoms with Crippen LogP contribution in [0, 0.1) is 0 Å². The van der Waals surface area contributed by atoms with E-state index in [0.717, 1.165) is 22.4 Å². The fraction of sp³-hybridized carbons (Fsp3) is 0.0690. The molecule has 1 heterocycles. The van der Waals surface area contributed by atoms with Crippen LogP contribution in [0.3, 0.4) is 0 Å². The van der Waals surface area contributed by atoms with Gasteiger partial charge in [0.25, 0.3) is 0 Å². The van der Waals surface area contributed by atoms with E-state index in [9.17, 15) is 9.59 Å². The number of hydrogen-bond donors (Lipinski definition) is 4. The maximum atomic E-state index is 13.2. The molecule has 0 bridgehead atoms. The molecule has 0 saturated carbocycles. The van der Waals surface area contributed by atoms with Crippen LogP contribution >= 0.6 is 0 Å². The van der Waals surface area contributed by atoms with Crippen molar-refractivity contribution in [3.63, 3.8) is 0 Å². The van der Waals surface area contributed by atoms with Gasteiger partial charge in [-0.05, 0) is 47.0 Å². The average Bonchev–Trinajstić information content (AvgIpc) is 2.92. The van der Waals surface area contributed by atoms with E-state index in [-0.39, 0.29) is 11.8 Å². The lowest BCUT2D eigenvalue weighted by atomic mass is 10.0. The van der Waals surface area contributed by atoms with Crippen LogP contribution in [-0.4, -0.2) is 16.8 Å². The van der Waals surface area contributed by atoms with Crippen molar-refractivity contribution in [3.05, 3.63) is 126 Å². The summed E-state index contributed by atoms with van der Waals surface area (Å²) in [6, 6.07) is 27.3. The van der Waals surface area contributed by atoms with E-state index in [0.29, 0.717) is 17.9 Å². The smallest absolute Gasteiger partial charge is 0.248 e. The zero-order valence-corrected chi connectivity index (χ0v) is 19.6. The first-order chi connectivity index (χ1) is 17.6. The molecule has 1 atom stereocenters. The predicted molar refractivity (Wildman–Crippen MR) is 144 cm³/mol. The molecule has 0 aliphatic rings. The first-order valence-electron chi connectivity index (χ1n) is 11.5. The number of rotatable bonds is 9. The topological polar surface area (TPSA) is 109 Å². The Hall–Kier alpha value is -4.91. The summed E-state index contributed by atoms with van der Waals surface area (Å²) in [6.45, 7) is 0.423. The Morgan fingerprint density at radius 2 is 1.64 bits per heavy atom. The van der Waals surface area contributed by atoms with E-state index >= 15 is 0 Å². The van der Waals surface area contributed by atoms with Crippen molar-refractivity contribution in [2.75, 3.05) is 16.4 Å². The normalized spacial score (nSPS) is 11.6. The molecule has 7 heteroatoms. The van der Waals surface area contributed by atoms with Crippen molar-refractivity contribution in [1.82, 2.24) is 10.3 Å². The van der Waals surface area contributed by atoms with Gasteiger partial charge in [0.05, 0.1) is 17.1 Å². The Balaban J connectivity index is 1.45. The molecule has 0 aliphatic heterocycles. The zero-order chi connectivity index (χ0) is 25.2. The van der Waals surface area contributed by atoms with E-state index < -0.39 is 6.04 Å². The highest BCUT2D eigenvalue weighted by Crippen LogP contribution is 2.21. The molecule has 4 aromatic rings. The number of benzene rings is 3. The number of pyridine rings is 1. The number of anilines is 3. The van der Waals surface area contributed by atoms with Crippen molar-refractivity contribution < 1.29 is 9.59 Å². The van der Waals surface area contributed by atoms with Gasteiger partial charge in [-0.3, -0.25) is 14.6 Å². The maximum Gasteiger partial charge on any atom is 0.248 e. The first kappa shape index (κ1) is 24.2. The monoisotopic (exact) mass is 477 g/mol. The summed E-state index contributed by atoms with van der Waals surface area (Å²) in [4.78, 5) is 29.5. The minimum Gasteiger partial charge on any atom is -0.397 e. The average molecular weight is 478 g/mol. The number of hydrogen-bond acceptors (Lipinski definition) is 5. The third-order valence-corrected chi connectivity index (χ3v) is 5.46. The molecule has 180 valence electrons. The Morgan fingerprint density at radius 1 is 0.889 bits per heavy atom. The Kier molecular flexibility index (Phi) is 8.07. The summed E-state index contributed by atoms with van der Waals surface area (Å²) in [5.74, 6) is -0.445. The molecule has 3 aromatic carbocycles. The third-order valence-electron chi connectivity index (χ3n) is 5.46. The molecule has 0 radical (unpaired) electrons. The van der Waals surface area contributed by atoms with Crippen LogP contribution in [0.4, 0.5) is 17.1 Å². The molecule has 0 spiro atoms. The number of carbonyl (C=O) groups excluding carboxylic acids is 2. The largest absolute Gasteiger partial charge is 0.397 e. The third kappa shape index (κ3) is 6.80. The van der Waals surface area contributed by atoms with Crippen molar-refractivity contribution in [2.24, 2.45) is 0 Å². The van der Waals surface area contributed by atoms with E-state index in [2.05, 4.69) is 20.9 Å². The van der Waals surface area contributed by atoms with Crippen LogP contribution in [0.1, 0.15) is 22.7 Å². The number of para-hydroxylation sites is 2. The molecule has 36 heavy (non-hydrogen) atoms. The zero-order valence-electron chi connectivity index (χ0n) is 19.6. The molecule has 4 rings (SSSR count). The van der Waals surface area contributed by atoms with Crippen LogP contribution < -0.4 is 21.7 Å². The number of amides is 2. The highest BCUT2D eigenvalue weighted by atomic mass is 16.2. The Labute approximate surface area is 210 Å². The van der Waals surface area contributed by atoms with Gasteiger partial charge in [-0.1, -0.05) is 66.7 Å². The van der Waals surface area contributed by atoms with Crippen LogP contribution in [0.15, 0.2) is 109 Å². The van der Waals surface area contributed by atoms with Crippen molar-refractivity contribution in [3.8, 4) is 0 Å². The second-order valence-corrected chi connectivity index (χ2v) is 8.10. The number of nitrogens with zero attached hydrogens (tertiary/aromatic N) is 1. The molecule has 5 N–H and O–H groups in total. The lowest BCUT2D eigenvalue weighted by molar-refractivity contribution is -0.122. The van der Waals surface area contributed by atoms with Crippen LogP contribution in [0.5, 0.6) is 0 Å². The second-order valence-electron chi connectivity index (χ2n) is 8.10. The molecule has 1 unspecified atom stereocenters. The molecule has 0 fully saturated rings. The van der Waals surface area contributed by atoms with Crippen LogP contribution in [-0.2, 0) is 16.1 Å². The number of aromatic nitrogens is 1. The molecule has 2 amide bonds. The van der Waals surface area contributed by atoms with Crippen molar-refractivity contribution in [1.29, 1.82) is 0 Å². The molecule has 7 nitrogen and oxygen atoms in total. The summed E-state index contributed by atoms with van der Waals surface area (Å²) in [7, 11) is 0. The van der Waals surface area contributed by atoms with E-state index in [1.807, 2.05) is 66.7 Å². The Morgan fingerprint density at radius 3 is 2.36 bits per heavy atom. The summed E-state index contributed by atoms with van der Waals surface area (Å²) < 4.78 is 0. The van der Waals surface area contributed by atoms with Gasteiger partial charge in [-0.2, -0.15) is 0 Å².